The minimum atomic E-state index is -0.0248. The molecule has 152 valence electrons. The zero-order chi connectivity index (χ0) is 20.1. The van der Waals surface area contributed by atoms with Crippen molar-refractivity contribution >= 4 is 0 Å². The molecule has 0 heterocycles. The Labute approximate surface area is 180 Å². The Kier molecular flexibility index (Phi) is 10.7. The van der Waals surface area contributed by atoms with Gasteiger partial charge < -0.3 is 19.6 Å². The van der Waals surface area contributed by atoms with Gasteiger partial charge in [-0.15, -0.1) is 0 Å². The van der Waals surface area contributed by atoms with E-state index < -0.39 is 0 Å². The molecule has 0 aromatic heterocycles. The molecule has 1 rings (SSSR count). The minimum absolute atomic E-state index is 0. The zero-order valence-electron chi connectivity index (χ0n) is 19.1. The molecule has 0 saturated heterocycles. The van der Waals surface area contributed by atoms with Crippen LogP contribution in [0.2, 0.25) is 0 Å². The molecule has 0 unspecified atom stereocenters. The van der Waals surface area contributed by atoms with E-state index in [1.54, 1.807) is 0 Å². The van der Waals surface area contributed by atoms with Crippen molar-refractivity contribution in [3.63, 3.8) is 0 Å². The number of hydrogen-bond donors (Lipinski definition) is 1. The van der Waals surface area contributed by atoms with Crippen molar-refractivity contribution in [3.05, 3.63) is 28.8 Å². The van der Waals surface area contributed by atoms with Gasteiger partial charge in [0.05, 0.1) is 6.61 Å². The summed E-state index contributed by atoms with van der Waals surface area (Å²) in [6, 6.07) is 4.57. The van der Waals surface area contributed by atoms with E-state index >= 15 is 0 Å². The fourth-order valence-electron chi connectivity index (χ4n) is 2.86. The number of aliphatic hydroxyl groups excluding tert-OH is 1. The van der Waals surface area contributed by atoms with Gasteiger partial charge in [0.2, 0.25) is 0 Å². The van der Waals surface area contributed by atoms with Gasteiger partial charge in [-0.2, -0.15) is 0 Å². The zero-order valence-corrected chi connectivity index (χ0v) is 22.1. The largest absolute Gasteiger partial charge is 0.491 e. The van der Waals surface area contributed by atoms with E-state index in [0.29, 0.717) is 6.61 Å². The number of hydrogen-bond acceptors (Lipinski definition) is 4. The van der Waals surface area contributed by atoms with Crippen molar-refractivity contribution in [1.82, 2.24) is 9.80 Å². The van der Waals surface area contributed by atoms with Crippen molar-refractivity contribution in [3.8, 4) is 5.75 Å². The van der Waals surface area contributed by atoms with Gasteiger partial charge in [-0.05, 0) is 37.5 Å². The monoisotopic (exact) mass is 428 g/mol. The van der Waals surface area contributed by atoms with Crippen LogP contribution in [-0.4, -0.2) is 62.4 Å². The van der Waals surface area contributed by atoms with Crippen LogP contribution in [0.1, 0.15) is 58.2 Å². The fourth-order valence-corrected chi connectivity index (χ4v) is 2.86. The Hall–Kier alpha value is -0.477. The van der Waals surface area contributed by atoms with Gasteiger partial charge in [0.15, 0.2) is 0 Å². The molecule has 1 aromatic rings. The third-order valence-corrected chi connectivity index (χ3v) is 4.55. The fraction of sp³-hybridized carbons (Fsp3) is 0.727. The quantitative estimate of drug-likeness (QED) is 0.640. The van der Waals surface area contributed by atoms with Crippen molar-refractivity contribution < 1.29 is 29.3 Å². The summed E-state index contributed by atoms with van der Waals surface area (Å²) in [5.74, 6) is 0.941. The van der Waals surface area contributed by atoms with Gasteiger partial charge in [-0.1, -0.05) is 53.7 Å². The van der Waals surface area contributed by atoms with E-state index in [0.717, 1.165) is 25.4 Å². The summed E-state index contributed by atoms with van der Waals surface area (Å²) in [5, 5.41) is 9.28. The van der Waals surface area contributed by atoms with Gasteiger partial charge >= 0.3 is 0 Å². The maximum Gasteiger partial charge on any atom is 0.127 e. The molecule has 0 aliphatic heterocycles. The average Bonchev–Trinajstić information content (AvgIpc) is 2.49. The van der Waals surface area contributed by atoms with E-state index in [1.807, 2.05) is 0 Å². The summed E-state index contributed by atoms with van der Waals surface area (Å²) in [5.41, 5.74) is 3.80. The van der Waals surface area contributed by atoms with Crippen LogP contribution in [0.25, 0.3) is 0 Å². The smallest absolute Gasteiger partial charge is 0.127 e. The Morgan fingerprint density at radius 3 is 1.96 bits per heavy atom. The normalized spacial score (nSPS) is 12.4. The SMILES string of the molecule is CN(C)CCN(C)Cc1cc(C(C)(C)C)cc(C(C)(C)C)c1OCCO.[Zn]. The molecule has 0 fully saturated rings. The second-order valence-electron chi connectivity index (χ2n) is 9.63. The summed E-state index contributed by atoms with van der Waals surface area (Å²) in [4.78, 5) is 4.53. The minimum Gasteiger partial charge on any atom is -0.491 e. The number of benzene rings is 1. The van der Waals surface area contributed by atoms with E-state index in [4.69, 9.17) is 4.74 Å². The van der Waals surface area contributed by atoms with E-state index in [2.05, 4.69) is 84.6 Å². The first-order chi connectivity index (χ1) is 11.9. The third kappa shape index (κ3) is 8.60. The maximum absolute atomic E-state index is 9.28. The second kappa shape index (κ2) is 10.9. The number of nitrogens with zero attached hydrogens (tertiary/aromatic N) is 2. The molecule has 0 spiro atoms. The Morgan fingerprint density at radius 1 is 0.926 bits per heavy atom. The summed E-state index contributed by atoms with van der Waals surface area (Å²) in [6.07, 6.45) is 0. The number of likely N-dealkylation sites (N-methyl/N-ethyl adjacent to an activating group) is 2. The van der Waals surface area contributed by atoms with Crippen molar-refractivity contribution in [2.24, 2.45) is 0 Å². The Bertz CT molecular complexity index is 575. The molecule has 0 aliphatic carbocycles. The third-order valence-electron chi connectivity index (χ3n) is 4.55. The average molecular weight is 430 g/mol. The molecule has 1 aromatic carbocycles. The summed E-state index contributed by atoms with van der Waals surface area (Å²) in [7, 11) is 6.35. The van der Waals surface area contributed by atoms with Crippen LogP contribution in [-0.2, 0) is 36.9 Å². The summed E-state index contributed by atoms with van der Waals surface area (Å²) >= 11 is 0. The van der Waals surface area contributed by atoms with E-state index in [1.165, 1.54) is 16.7 Å². The van der Waals surface area contributed by atoms with Crippen LogP contribution in [0.4, 0.5) is 0 Å². The molecule has 5 heteroatoms. The molecular weight excluding hydrogens is 390 g/mol. The molecule has 0 radical (unpaired) electrons. The molecule has 0 bridgehead atoms. The summed E-state index contributed by atoms with van der Waals surface area (Å²) in [6.45, 7) is 16.6. The molecule has 0 saturated carbocycles. The number of aliphatic hydroxyl groups is 1. The van der Waals surface area contributed by atoms with Gasteiger partial charge in [0.1, 0.15) is 12.4 Å². The molecule has 0 amide bonds. The Morgan fingerprint density at radius 2 is 1.52 bits per heavy atom. The van der Waals surface area contributed by atoms with Crippen LogP contribution in [0.3, 0.4) is 0 Å². The van der Waals surface area contributed by atoms with Crippen LogP contribution in [0, 0.1) is 0 Å². The summed E-state index contributed by atoms with van der Waals surface area (Å²) < 4.78 is 6.05. The molecule has 4 nitrogen and oxygen atoms in total. The maximum atomic E-state index is 9.28. The first kappa shape index (κ1) is 26.5. The molecule has 1 N–H and O–H groups in total. The van der Waals surface area contributed by atoms with E-state index in [9.17, 15) is 5.11 Å². The predicted molar refractivity (Wildman–Crippen MR) is 111 cm³/mol. The second-order valence-corrected chi connectivity index (χ2v) is 9.63. The predicted octanol–water partition coefficient (Wildman–Crippen LogP) is 3.64. The number of ether oxygens (including phenoxy) is 1. The topological polar surface area (TPSA) is 35.9 Å². The molecule has 0 atom stereocenters. The standard InChI is InChI=1S/C22H40N2O2.Zn/c1-21(2,3)18-14-17(16-24(9)11-10-23(7)8)20(26-13-12-25)19(15-18)22(4,5)6;/h14-15,25H,10-13,16H2,1-9H3;. The van der Waals surface area contributed by atoms with Gasteiger partial charge in [0, 0.05) is 50.2 Å². The van der Waals surface area contributed by atoms with Crippen LogP contribution >= 0.6 is 0 Å². The van der Waals surface area contributed by atoms with Gasteiger partial charge in [-0.25, -0.2) is 0 Å². The van der Waals surface area contributed by atoms with Gasteiger partial charge in [0.25, 0.3) is 0 Å². The van der Waals surface area contributed by atoms with Crippen molar-refractivity contribution in [1.29, 1.82) is 0 Å². The van der Waals surface area contributed by atoms with Crippen LogP contribution in [0.5, 0.6) is 5.75 Å². The molecular formula is C22H40N2O2Zn. The molecule has 0 aliphatic rings. The Balaban J connectivity index is 0.00000676. The first-order valence-electron chi connectivity index (χ1n) is 9.61. The van der Waals surface area contributed by atoms with Gasteiger partial charge in [-0.3, -0.25) is 0 Å². The molecule has 27 heavy (non-hydrogen) atoms. The van der Waals surface area contributed by atoms with Crippen molar-refractivity contribution in [2.45, 2.75) is 58.9 Å². The first-order valence-corrected chi connectivity index (χ1v) is 9.61. The van der Waals surface area contributed by atoms with Crippen molar-refractivity contribution in [2.75, 3.05) is 47.4 Å². The van der Waals surface area contributed by atoms with E-state index in [-0.39, 0.29) is 36.9 Å². The van der Waals surface area contributed by atoms with Crippen LogP contribution in [0.15, 0.2) is 12.1 Å². The van der Waals surface area contributed by atoms with Crippen LogP contribution < -0.4 is 4.74 Å². The number of rotatable bonds is 8.